The number of hydrogen-bond acceptors (Lipinski definition) is 1. The van der Waals surface area contributed by atoms with E-state index in [2.05, 4.69) is 0 Å². The molecule has 0 amide bonds. The van der Waals surface area contributed by atoms with Crippen LogP contribution in [0.15, 0.2) is 0 Å². The number of nitrogens with one attached hydrogen (secondary N) is 1. The van der Waals surface area contributed by atoms with Crippen LogP contribution in [-0.4, -0.2) is 24.9 Å². The summed E-state index contributed by atoms with van der Waals surface area (Å²) in [4.78, 5) is 0. The zero-order valence-electron chi connectivity index (χ0n) is 6.43. The maximum absolute atomic E-state index is 12.5. The SMILES string of the molecule is CC(C)(F)CNCC(F)(F)F. The molecule has 0 heterocycles. The monoisotopic (exact) mass is 173 g/mol. The standard InChI is InChI=1S/C6H11F4N/c1-5(2,7)3-11-4-6(8,9)10/h11H,3-4H2,1-2H3. The maximum atomic E-state index is 12.5. The molecule has 0 aliphatic heterocycles. The number of rotatable bonds is 3. The molecule has 68 valence electrons. The zero-order chi connectivity index (χ0) is 9.12. The first kappa shape index (κ1) is 10.7. The molecule has 0 aliphatic carbocycles. The van der Waals surface area contributed by atoms with Crippen molar-refractivity contribution < 1.29 is 17.6 Å². The molecular formula is C6H11F4N. The molecule has 0 bridgehead atoms. The van der Waals surface area contributed by atoms with Crippen molar-refractivity contribution in [1.82, 2.24) is 5.32 Å². The predicted octanol–water partition coefficient (Wildman–Crippen LogP) is 1.89. The minimum absolute atomic E-state index is 0.285. The molecule has 0 rings (SSSR count). The number of halogens is 4. The average Bonchev–Trinajstić information content (AvgIpc) is 1.55. The summed E-state index contributed by atoms with van der Waals surface area (Å²) in [6.45, 7) is 1.01. The lowest BCUT2D eigenvalue weighted by Gasteiger charge is -2.15. The minimum atomic E-state index is -4.26. The van der Waals surface area contributed by atoms with E-state index in [0.29, 0.717) is 0 Å². The van der Waals surface area contributed by atoms with Crippen LogP contribution in [0.3, 0.4) is 0 Å². The second-order valence-corrected chi connectivity index (χ2v) is 2.94. The van der Waals surface area contributed by atoms with Gasteiger partial charge in [0.25, 0.3) is 0 Å². The Bertz CT molecular complexity index is 98.7. The molecule has 0 fully saturated rings. The summed E-state index contributed by atoms with van der Waals surface area (Å²) in [5, 5.41) is 1.97. The quantitative estimate of drug-likeness (QED) is 0.642. The van der Waals surface area contributed by atoms with Crippen molar-refractivity contribution in [3.8, 4) is 0 Å². The Labute approximate surface area is 62.8 Å². The van der Waals surface area contributed by atoms with Gasteiger partial charge in [-0.15, -0.1) is 0 Å². The largest absolute Gasteiger partial charge is 0.401 e. The maximum Gasteiger partial charge on any atom is 0.401 e. The van der Waals surface area contributed by atoms with Gasteiger partial charge in [0, 0.05) is 6.54 Å². The van der Waals surface area contributed by atoms with Crippen LogP contribution in [0, 0.1) is 0 Å². The van der Waals surface area contributed by atoms with Gasteiger partial charge in [-0.05, 0) is 13.8 Å². The third kappa shape index (κ3) is 9.68. The van der Waals surface area contributed by atoms with E-state index in [4.69, 9.17) is 0 Å². The summed E-state index contributed by atoms with van der Waals surface area (Å²) >= 11 is 0. The van der Waals surface area contributed by atoms with Crippen molar-refractivity contribution in [2.45, 2.75) is 25.7 Å². The topological polar surface area (TPSA) is 12.0 Å². The molecule has 0 spiro atoms. The molecule has 0 aromatic heterocycles. The van der Waals surface area contributed by atoms with Gasteiger partial charge in [0.15, 0.2) is 0 Å². The summed E-state index contributed by atoms with van der Waals surface area (Å²) < 4.78 is 46.9. The highest BCUT2D eigenvalue weighted by molar-refractivity contribution is 4.70. The molecule has 11 heavy (non-hydrogen) atoms. The van der Waals surface area contributed by atoms with Crippen molar-refractivity contribution in [3.63, 3.8) is 0 Å². The Morgan fingerprint density at radius 2 is 1.45 bits per heavy atom. The highest BCUT2D eigenvalue weighted by Crippen LogP contribution is 2.13. The van der Waals surface area contributed by atoms with Crippen LogP contribution in [0.1, 0.15) is 13.8 Å². The number of alkyl halides is 4. The first-order valence-electron chi connectivity index (χ1n) is 3.17. The third-order valence-corrected chi connectivity index (χ3v) is 0.871. The van der Waals surface area contributed by atoms with Crippen molar-refractivity contribution >= 4 is 0 Å². The predicted molar refractivity (Wildman–Crippen MR) is 34.1 cm³/mol. The Kier molecular flexibility index (Phi) is 3.29. The van der Waals surface area contributed by atoms with Gasteiger partial charge in [0.1, 0.15) is 5.67 Å². The van der Waals surface area contributed by atoms with Gasteiger partial charge in [-0.1, -0.05) is 0 Å². The van der Waals surface area contributed by atoms with Crippen LogP contribution < -0.4 is 5.32 Å². The second-order valence-electron chi connectivity index (χ2n) is 2.94. The summed E-state index contributed by atoms with van der Waals surface area (Å²) in [6.07, 6.45) is -4.26. The lowest BCUT2D eigenvalue weighted by atomic mass is 10.2. The van der Waals surface area contributed by atoms with E-state index in [1.165, 1.54) is 13.8 Å². The molecule has 0 aromatic rings. The Morgan fingerprint density at radius 3 is 1.73 bits per heavy atom. The zero-order valence-corrected chi connectivity index (χ0v) is 6.43. The molecule has 0 aliphatic rings. The highest BCUT2D eigenvalue weighted by atomic mass is 19.4. The number of hydrogen-bond donors (Lipinski definition) is 1. The molecular weight excluding hydrogens is 162 g/mol. The summed E-state index contributed by atoms with van der Waals surface area (Å²) in [5.74, 6) is 0. The fourth-order valence-electron chi connectivity index (χ4n) is 0.501. The fraction of sp³-hybridized carbons (Fsp3) is 1.00. The first-order valence-corrected chi connectivity index (χ1v) is 3.17. The Balaban J connectivity index is 3.44. The molecule has 1 nitrogen and oxygen atoms in total. The van der Waals surface area contributed by atoms with Crippen LogP contribution in [0.4, 0.5) is 17.6 Å². The molecule has 0 aromatic carbocycles. The van der Waals surface area contributed by atoms with E-state index in [1.807, 2.05) is 5.32 Å². The van der Waals surface area contributed by atoms with Crippen molar-refractivity contribution in [2.24, 2.45) is 0 Å². The second kappa shape index (κ2) is 3.38. The van der Waals surface area contributed by atoms with Crippen LogP contribution in [-0.2, 0) is 0 Å². The Hall–Kier alpha value is -0.320. The summed E-state index contributed by atoms with van der Waals surface area (Å²) in [7, 11) is 0. The normalized spacial score (nSPS) is 13.6. The molecule has 0 saturated carbocycles. The van der Waals surface area contributed by atoms with Gasteiger partial charge >= 0.3 is 6.18 Å². The van der Waals surface area contributed by atoms with Crippen LogP contribution in [0.25, 0.3) is 0 Å². The van der Waals surface area contributed by atoms with Crippen LogP contribution in [0.2, 0.25) is 0 Å². The van der Waals surface area contributed by atoms with E-state index in [9.17, 15) is 17.6 Å². The van der Waals surface area contributed by atoms with Crippen molar-refractivity contribution in [2.75, 3.05) is 13.1 Å². The fourth-order valence-corrected chi connectivity index (χ4v) is 0.501. The van der Waals surface area contributed by atoms with Gasteiger partial charge < -0.3 is 5.32 Å². The van der Waals surface area contributed by atoms with Crippen molar-refractivity contribution in [3.05, 3.63) is 0 Å². The van der Waals surface area contributed by atoms with Gasteiger partial charge in [-0.2, -0.15) is 13.2 Å². The van der Waals surface area contributed by atoms with Gasteiger partial charge in [-0.3, -0.25) is 0 Å². The minimum Gasteiger partial charge on any atom is -0.306 e. The van der Waals surface area contributed by atoms with Crippen LogP contribution in [0.5, 0.6) is 0 Å². The highest BCUT2D eigenvalue weighted by Gasteiger charge is 2.27. The molecule has 5 heteroatoms. The lowest BCUT2D eigenvalue weighted by Crippen LogP contribution is -2.37. The molecule has 0 radical (unpaired) electrons. The lowest BCUT2D eigenvalue weighted by molar-refractivity contribution is -0.125. The van der Waals surface area contributed by atoms with Gasteiger partial charge in [-0.25, -0.2) is 4.39 Å². The van der Waals surface area contributed by atoms with E-state index >= 15 is 0 Å². The summed E-state index contributed by atoms with van der Waals surface area (Å²) in [6, 6.07) is 0. The molecule has 0 unspecified atom stereocenters. The molecule has 0 saturated heterocycles. The van der Waals surface area contributed by atoms with E-state index in [-0.39, 0.29) is 6.54 Å². The van der Waals surface area contributed by atoms with Crippen LogP contribution >= 0.6 is 0 Å². The van der Waals surface area contributed by atoms with Crippen molar-refractivity contribution in [1.29, 1.82) is 0 Å². The average molecular weight is 173 g/mol. The Morgan fingerprint density at radius 1 is 1.00 bits per heavy atom. The van der Waals surface area contributed by atoms with Gasteiger partial charge in [0.05, 0.1) is 6.54 Å². The smallest absolute Gasteiger partial charge is 0.306 e. The third-order valence-electron chi connectivity index (χ3n) is 0.871. The summed E-state index contributed by atoms with van der Waals surface area (Å²) in [5.41, 5.74) is -1.59. The molecule has 0 atom stereocenters. The first-order chi connectivity index (χ1) is 4.71. The van der Waals surface area contributed by atoms with Gasteiger partial charge in [0.2, 0.25) is 0 Å². The van der Waals surface area contributed by atoms with E-state index in [1.54, 1.807) is 0 Å². The van der Waals surface area contributed by atoms with E-state index in [0.717, 1.165) is 0 Å². The van der Waals surface area contributed by atoms with E-state index < -0.39 is 18.4 Å². The molecule has 1 N–H and O–H groups in total.